The molecule has 0 saturated carbocycles. The summed E-state index contributed by atoms with van der Waals surface area (Å²) in [5.74, 6) is -0.161. The van der Waals surface area contributed by atoms with Crippen molar-refractivity contribution in [2.45, 2.75) is 328 Å². The first-order valence-electron chi connectivity index (χ1n) is 31.2. The Labute approximate surface area is 443 Å². The summed E-state index contributed by atoms with van der Waals surface area (Å²) in [7, 11) is 1.32. The number of quaternary nitrogens is 1. The van der Waals surface area contributed by atoms with Gasteiger partial charge in [0.25, 0.3) is 7.82 Å². The van der Waals surface area contributed by atoms with Gasteiger partial charge < -0.3 is 28.8 Å². The molecule has 0 aromatic rings. The lowest BCUT2D eigenvalue weighted by Gasteiger charge is -2.30. The molecule has 422 valence electrons. The SMILES string of the molecule is CCCCCCCCCCCCCCC/C=C\C/C=C\CCCCCCCCCCCCCCCCCCCC(=O)NC(COP(=O)([O-])OCC[N+](C)(C)C)C(O)CCCCCCCCCCCCCC. The molecule has 9 heteroatoms. The van der Waals surface area contributed by atoms with Gasteiger partial charge in [-0.2, -0.15) is 0 Å². The number of aliphatic hydroxyl groups is 1. The highest BCUT2D eigenvalue weighted by Crippen LogP contribution is 2.38. The van der Waals surface area contributed by atoms with E-state index < -0.39 is 20.0 Å². The summed E-state index contributed by atoms with van der Waals surface area (Å²) in [5.41, 5.74) is 0. The second-order valence-corrected chi connectivity index (χ2v) is 24.2. The molecular formula is C62H123N2O6P. The number of carbonyl (C=O) groups is 1. The maximum absolute atomic E-state index is 13.0. The molecule has 0 aliphatic heterocycles. The van der Waals surface area contributed by atoms with Crippen LogP contribution in [0.5, 0.6) is 0 Å². The number of hydrogen-bond donors (Lipinski definition) is 2. The van der Waals surface area contributed by atoms with E-state index in [1.165, 1.54) is 244 Å². The van der Waals surface area contributed by atoms with Gasteiger partial charge in [-0.05, 0) is 44.9 Å². The molecule has 0 bridgehead atoms. The van der Waals surface area contributed by atoms with Gasteiger partial charge in [0, 0.05) is 6.42 Å². The first-order valence-corrected chi connectivity index (χ1v) is 32.6. The second kappa shape index (κ2) is 53.8. The zero-order valence-corrected chi connectivity index (χ0v) is 49.1. The minimum atomic E-state index is -4.57. The highest BCUT2D eigenvalue weighted by atomic mass is 31.2. The molecule has 1 amide bonds. The Balaban J connectivity index is 3.88. The lowest BCUT2D eigenvalue weighted by atomic mass is 10.0. The lowest BCUT2D eigenvalue weighted by Crippen LogP contribution is -2.46. The number of aliphatic hydroxyl groups excluding tert-OH is 1. The van der Waals surface area contributed by atoms with Crippen LogP contribution in [0.1, 0.15) is 316 Å². The van der Waals surface area contributed by atoms with Crippen molar-refractivity contribution < 1.29 is 32.9 Å². The Morgan fingerprint density at radius 1 is 0.493 bits per heavy atom. The number of allylic oxidation sites excluding steroid dienone is 4. The highest BCUT2D eigenvalue weighted by Gasteiger charge is 2.24. The van der Waals surface area contributed by atoms with Gasteiger partial charge >= 0.3 is 0 Å². The van der Waals surface area contributed by atoms with E-state index >= 15 is 0 Å². The molecule has 0 aliphatic carbocycles. The number of unbranched alkanes of at least 4 members (excludes halogenated alkanes) is 41. The summed E-state index contributed by atoms with van der Waals surface area (Å²) < 4.78 is 23.4. The van der Waals surface area contributed by atoms with E-state index in [2.05, 4.69) is 43.5 Å². The fourth-order valence-electron chi connectivity index (χ4n) is 9.54. The molecule has 0 radical (unpaired) electrons. The van der Waals surface area contributed by atoms with Crippen molar-refractivity contribution in [2.24, 2.45) is 0 Å². The average Bonchev–Trinajstić information content (AvgIpc) is 3.33. The number of carbonyl (C=O) groups excluding carboxylic acids is 1. The fraction of sp³-hybridized carbons (Fsp3) is 0.919. The first-order chi connectivity index (χ1) is 34.5. The van der Waals surface area contributed by atoms with Crippen molar-refractivity contribution in [1.82, 2.24) is 5.32 Å². The van der Waals surface area contributed by atoms with Crippen LogP contribution in [0.3, 0.4) is 0 Å². The standard InChI is InChI=1S/C62H123N2O6P/c1-6-8-10-12-14-16-18-20-21-22-23-24-25-26-27-28-29-30-31-32-33-34-35-36-37-38-39-40-41-42-43-44-46-48-50-52-54-56-62(66)63-60(59-70-71(67,68)69-58-57-64(3,4)5)61(65)55-53-51-49-47-45-19-17-15-13-11-9-7-2/h27-28,30-31,60-61,65H,6-26,29,32-59H2,1-5H3,(H-,63,66,67,68)/b28-27-,31-30-. The first kappa shape index (κ1) is 70.0. The third-order valence-electron chi connectivity index (χ3n) is 14.4. The van der Waals surface area contributed by atoms with Crippen LogP contribution in [-0.2, 0) is 18.4 Å². The van der Waals surface area contributed by atoms with Crippen molar-refractivity contribution in [1.29, 1.82) is 0 Å². The number of phosphoric ester groups is 1. The maximum Gasteiger partial charge on any atom is 0.268 e. The summed E-state index contributed by atoms with van der Waals surface area (Å²) in [6, 6.07) is -0.797. The number of nitrogens with zero attached hydrogens (tertiary/aromatic N) is 1. The van der Waals surface area contributed by atoms with Crippen molar-refractivity contribution in [3.05, 3.63) is 24.3 Å². The topological polar surface area (TPSA) is 108 Å². The minimum Gasteiger partial charge on any atom is -0.756 e. The highest BCUT2D eigenvalue weighted by molar-refractivity contribution is 7.45. The molecule has 71 heavy (non-hydrogen) atoms. The van der Waals surface area contributed by atoms with Crippen LogP contribution in [0.4, 0.5) is 0 Å². The Morgan fingerprint density at radius 2 is 0.817 bits per heavy atom. The van der Waals surface area contributed by atoms with Crippen LogP contribution in [0.25, 0.3) is 0 Å². The molecule has 0 aliphatic rings. The summed E-state index contributed by atoms with van der Waals surface area (Å²) >= 11 is 0. The monoisotopic (exact) mass is 1020 g/mol. The van der Waals surface area contributed by atoms with Crippen LogP contribution in [0.15, 0.2) is 24.3 Å². The largest absolute Gasteiger partial charge is 0.756 e. The fourth-order valence-corrected chi connectivity index (χ4v) is 10.3. The van der Waals surface area contributed by atoms with Gasteiger partial charge in [-0.15, -0.1) is 0 Å². The predicted molar refractivity (Wildman–Crippen MR) is 307 cm³/mol. The number of rotatable bonds is 58. The van der Waals surface area contributed by atoms with Gasteiger partial charge in [-0.3, -0.25) is 9.36 Å². The van der Waals surface area contributed by atoms with Gasteiger partial charge in [0.1, 0.15) is 13.2 Å². The molecule has 3 atom stereocenters. The van der Waals surface area contributed by atoms with Gasteiger partial charge in [0.05, 0.1) is 39.9 Å². The van der Waals surface area contributed by atoms with Crippen molar-refractivity contribution in [2.75, 3.05) is 40.9 Å². The third kappa shape index (κ3) is 56.5. The smallest absolute Gasteiger partial charge is 0.268 e. The minimum absolute atomic E-state index is 0.0141. The van der Waals surface area contributed by atoms with Gasteiger partial charge in [0.15, 0.2) is 0 Å². The molecule has 0 aromatic heterocycles. The van der Waals surface area contributed by atoms with Gasteiger partial charge in [-0.25, -0.2) is 0 Å². The molecule has 0 heterocycles. The molecule has 0 saturated heterocycles. The quantitative estimate of drug-likeness (QED) is 0.0272. The lowest BCUT2D eigenvalue weighted by molar-refractivity contribution is -0.870. The summed E-state index contributed by atoms with van der Waals surface area (Å²) in [6.45, 7) is 4.75. The van der Waals surface area contributed by atoms with Crippen LogP contribution in [0.2, 0.25) is 0 Å². The van der Waals surface area contributed by atoms with Crippen LogP contribution < -0.4 is 10.2 Å². The number of nitrogens with one attached hydrogen (secondary N) is 1. The molecule has 0 fully saturated rings. The van der Waals surface area contributed by atoms with E-state index in [1.807, 2.05) is 21.1 Å². The third-order valence-corrected chi connectivity index (χ3v) is 15.4. The Bertz CT molecular complexity index is 1210. The number of amides is 1. The number of likely N-dealkylation sites (N-methyl/N-ethyl adjacent to an activating group) is 1. The molecule has 3 unspecified atom stereocenters. The van der Waals surface area contributed by atoms with E-state index in [0.717, 1.165) is 44.9 Å². The number of phosphoric acid groups is 1. The van der Waals surface area contributed by atoms with Gasteiger partial charge in [-0.1, -0.05) is 289 Å². The number of hydrogen-bond acceptors (Lipinski definition) is 6. The van der Waals surface area contributed by atoms with E-state index in [9.17, 15) is 19.4 Å². The van der Waals surface area contributed by atoms with Crippen molar-refractivity contribution in [3.63, 3.8) is 0 Å². The van der Waals surface area contributed by atoms with E-state index in [1.54, 1.807) is 0 Å². The van der Waals surface area contributed by atoms with E-state index in [-0.39, 0.29) is 19.1 Å². The Hall–Kier alpha value is -1.02. The molecule has 8 nitrogen and oxygen atoms in total. The molecule has 0 aromatic carbocycles. The van der Waals surface area contributed by atoms with Crippen molar-refractivity contribution in [3.8, 4) is 0 Å². The predicted octanol–water partition coefficient (Wildman–Crippen LogP) is 18.5. The molecule has 0 rings (SSSR count). The molecule has 0 spiro atoms. The summed E-state index contributed by atoms with van der Waals surface area (Å²) in [6.07, 6.45) is 68.2. The van der Waals surface area contributed by atoms with Crippen molar-refractivity contribution >= 4 is 13.7 Å². The Morgan fingerprint density at radius 3 is 1.17 bits per heavy atom. The van der Waals surface area contributed by atoms with E-state index in [4.69, 9.17) is 9.05 Å². The second-order valence-electron chi connectivity index (χ2n) is 22.8. The zero-order valence-electron chi connectivity index (χ0n) is 48.2. The van der Waals surface area contributed by atoms with Crippen LogP contribution >= 0.6 is 7.82 Å². The normalized spacial score (nSPS) is 14.0. The zero-order chi connectivity index (χ0) is 52.0. The molecule has 2 N–H and O–H groups in total. The van der Waals surface area contributed by atoms with E-state index in [0.29, 0.717) is 23.9 Å². The summed E-state index contributed by atoms with van der Waals surface area (Å²) in [4.78, 5) is 25.5. The van der Waals surface area contributed by atoms with Gasteiger partial charge in [0.2, 0.25) is 5.91 Å². The van der Waals surface area contributed by atoms with Crippen LogP contribution in [-0.4, -0.2) is 68.5 Å². The maximum atomic E-state index is 13.0. The summed E-state index contributed by atoms with van der Waals surface area (Å²) in [5, 5.41) is 14.0. The van der Waals surface area contributed by atoms with Crippen LogP contribution in [0, 0.1) is 0 Å². The Kier molecular flexibility index (Phi) is 53.0. The molecular weight excluding hydrogens is 900 g/mol. The average molecular weight is 1020 g/mol.